The first kappa shape index (κ1) is 8.62. The normalized spacial score (nSPS) is 45.4. The van der Waals surface area contributed by atoms with Crippen molar-refractivity contribution in [2.24, 2.45) is 22.6 Å². The summed E-state index contributed by atoms with van der Waals surface area (Å²) in [6.45, 7) is 2.06. The van der Waals surface area contributed by atoms with E-state index in [-0.39, 0.29) is 18.1 Å². The molecule has 0 heterocycles. The fourth-order valence-corrected chi connectivity index (χ4v) is 1.58. The first-order chi connectivity index (χ1) is 5.16. The van der Waals surface area contributed by atoms with E-state index in [0.717, 1.165) is 12.8 Å². The molecule has 1 fully saturated rings. The van der Waals surface area contributed by atoms with E-state index < -0.39 is 0 Å². The van der Waals surface area contributed by atoms with Gasteiger partial charge in [0, 0.05) is 12.1 Å². The minimum Gasteiger partial charge on any atom is -0.326 e. The van der Waals surface area contributed by atoms with Crippen molar-refractivity contribution in [3.8, 4) is 0 Å². The monoisotopic (exact) mass is 157 g/mol. The predicted octanol–water partition coefficient (Wildman–Crippen LogP) is 0.206. The zero-order chi connectivity index (χ0) is 8.43. The maximum Gasteiger partial charge on any atom is 0.108 e. The van der Waals surface area contributed by atoms with Crippen molar-refractivity contribution in [3.63, 3.8) is 0 Å². The first-order valence-electron chi connectivity index (χ1n) is 4.00. The van der Waals surface area contributed by atoms with Gasteiger partial charge in [-0.1, -0.05) is 12.1 Å². The van der Waals surface area contributed by atoms with Crippen LogP contribution in [0.15, 0.2) is 5.18 Å². The second kappa shape index (κ2) is 3.28. The Balaban J connectivity index is 2.58. The summed E-state index contributed by atoms with van der Waals surface area (Å²) in [5.41, 5.74) is 11.5. The average Bonchev–Trinajstić information content (AvgIpc) is 2.01. The van der Waals surface area contributed by atoms with Gasteiger partial charge in [0.05, 0.1) is 0 Å². The smallest absolute Gasteiger partial charge is 0.108 e. The van der Waals surface area contributed by atoms with Crippen LogP contribution in [-0.2, 0) is 0 Å². The summed E-state index contributed by atoms with van der Waals surface area (Å²) in [5.74, 6) is 0.419. The maximum absolute atomic E-state index is 10.2. The van der Waals surface area contributed by atoms with E-state index in [9.17, 15) is 4.91 Å². The summed E-state index contributed by atoms with van der Waals surface area (Å²) in [5, 5.41) is 2.96. The quantitative estimate of drug-likeness (QED) is 0.534. The lowest BCUT2D eigenvalue weighted by Gasteiger charge is -2.34. The van der Waals surface area contributed by atoms with Gasteiger partial charge in [0.25, 0.3) is 0 Å². The summed E-state index contributed by atoms with van der Waals surface area (Å²) in [4.78, 5) is 10.2. The molecular formula is C7H15N3O. The minimum absolute atomic E-state index is 0.0635. The zero-order valence-corrected chi connectivity index (χ0v) is 6.73. The van der Waals surface area contributed by atoms with Crippen LogP contribution in [-0.4, -0.2) is 18.1 Å². The lowest BCUT2D eigenvalue weighted by molar-refractivity contribution is 0.262. The Labute approximate surface area is 66.3 Å². The van der Waals surface area contributed by atoms with Gasteiger partial charge in [-0.15, -0.1) is 0 Å². The molecule has 4 N–H and O–H groups in total. The number of hydrogen-bond acceptors (Lipinski definition) is 4. The van der Waals surface area contributed by atoms with Gasteiger partial charge in [0.1, 0.15) is 6.04 Å². The van der Waals surface area contributed by atoms with Gasteiger partial charge >= 0.3 is 0 Å². The molecule has 0 spiro atoms. The third kappa shape index (κ3) is 1.57. The number of nitroso groups, excluding NO2 is 1. The minimum atomic E-state index is -0.263. The highest BCUT2D eigenvalue weighted by atomic mass is 16.3. The molecule has 1 aliphatic rings. The summed E-state index contributed by atoms with van der Waals surface area (Å²) < 4.78 is 0. The Hall–Kier alpha value is -0.480. The van der Waals surface area contributed by atoms with E-state index in [1.807, 2.05) is 0 Å². The predicted molar refractivity (Wildman–Crippen MR) is 43.9 cm³/mol. The summed E-state index contributed by atoms with van der Waals surface area (Å²) in [6.07, 6.45) is 1.75. The van der Waals surface area contributed by atoms with Gasteiger partial charge in [-0.05, 0) is 18.8 Å². The van der Waals surface area contributed by atoms with Crippen LogP contribution >= 0.6 is 0 Å². The van der Waals surface area contributed by atoms with Crippen LogP contribution in [0, 0.1) is 10.8 Å². The van der Waals surface area contributed by atoms with E-state index in [1.54, 1.807) is 0 Å². The summed E-state index contributed by atoms with van der Waals surface area (Å²) in [6, 6.07) is -0.566. The van der Waals surface area contributed by atoms with Gasteiger partial charge in [-0.25, -0.2) is 0 Å². The molecule has 1 rings (SSSR count). The van der Waals surface area contributed by atoms with E-state index in [2.05, 4.69) is 12.1 Å². The largest absolute Gasteiger partial charge is 0.326 e. The first-order valence-corrected chi connectivity index (χ1v) is 4.00. The Bertz CT molecular complexity index is 151. The summed E-state index contributed by atoms with van der Waals surface area (Å²) in [7, 11) is 0. The molecule has 1 aliphatic carbocycles. The van der Waals surface area contributed by atoms with Gasteiger partial charge in [0.15, 0.2) is 0 Å². The van der Waals surface area contributed by atoms with E-state index in [1.165, 1.54) is 0 Å². The molecule has 0 aromatic heterocycles. The SMILES string of the molecule is CC1CCC(N=O)C(N)C1N. The van der Waals surface area contributed by atoms with Crippen LogP contribution < -0.4 is 11.5 Å². The highest BCUT2D eigenvalue weighted by Gasteiger charge is 2.33. The standard InChI is InChI=1S/C7H15N3O/c1-4-2-3-5(10-11)7(9)6(4)8/h4-7H,2-3,8-9H2,1H3. The molecule has 1 saturated carbocycles. The van der Waals surface area contributed by atoms with E-state index in [4.69, 9.17) is 11.5 Å². The third-order valence-electron chi connectivity index (χ3n) is 2.60. The molecule has 0 aliphatic heterocycles. The van der Waals surface area contributed by atoms with Crippen LogP contribution in [0.2, 0.25) is 0 Å². The number of hydrogen-bond donors (Lipinski definition) is 2. The van der Waals surface area contributed by atoms with Gasteiger partial charge in [-0.2, -0.15) is 4.91 Å². The Kier molecular flexibility index (Phi) is 2.57. The highest BCUT2D eigenvalue weighted by Crippen LogP contribution is 2.23. The maximum atomic E-state index is 10.2. The molecule has 4 heteroatoms. The van der Waals surface area contributed by atoms with Gasteiger partial charge in [-0.3, -0.25) is 0 Å². The molecule has 4 nitrogen and oxygen atoms in total. The van der Waals surface area contributed by atoms with E-state index >= 15 is 0 Å². The second-order valence-corrected chi connectivity index (χ2v) is 3.38. The second-order valence-electron chi connectivity index (χ2n) is 3.38. The van der Waals surface area contributed by atoms with Crippen LogP contribution in [0.4, 0.5) is 0 Å². The van der Waals surface area contributed by atoms with Crippen molar-refractivity contribution in [1.29, 1.82) is 0 Å². The van der Waals surface area contributed by atoms with Gasteiger partial charge in [0.2, 0.25) is 0 Å². The highest BCUT2D eigenvalue weighted by molar-refractivity contribution is 4.94. The fraction of sp³-hybridized carbons (Fsp3) is 1.00. The molecule has 64 valence electrons. The van der Waals surface area contributed by atoms with Crippen LogP contribution in [0.1, 0.15) is 19.8 Å². The molecule has 0 amide bonds. The molecule has 0 bridgehead atoms. The van der Waals surface area contributed by atoms with Crippen molar-refractivity contribution in [2.75, 3.05) is 0 Å². The lowest BCUT2D eigenvalue weighted by atomic mass is 9.80. The molecule has 11 heavy (non-hydrogen) atoms. The topological polar surface area (TPSA) is 81.5 Å². The van der Waals surface area contributed by atoms with Crippen LogP contribution in [0.5, 0.6) is 0 Å². The lowest BCUT2D eigenvalue weighted by Crippen LogP contribution is -2.54. The number of nitrogens with two attached hydrogens (primary N) is 2. The van der Waals surface area contributed by atoms with Crippen molar-refractivity contribution in [2.45, 2.75) is 37.9 Å². The van der Waals surface area contributed by atoms with Crippen LogP contribution in [0.25, 0.3) is 0 Å². The summed E-state index contributed by atoms with van der Waals surface area (Å²) >= 11 is 0. The zero-order valence-electron chi connectivity index (χ0n) is 6.73. The molecule has 0 radical (unpaired) electrons. The molecule has 4 unspecified atom stereocenters. The van der Waals surface area contributed by atoms with Crippen molar-refractivity contribution >= 4 is 0 Å². The number of nitrogens with zero attached hydrogens (tertiary/aromatic N) is 1. The molecule has 0 aromatic carbocycles. The van der Waals surface area contributed by atoms with Crippen molar-refractivity contribution < 1.29 is 0 Å². The van der Waals surface area contributed by atoms with Crippen molar-refractivity contribution in [3.05, 3.63) is 4.91 Å². The van der Waals surface area contributed by atoms with E-state index in [0.29, 0.717) is 5.92 Å². The Morgan fingerprint density at radius 2 is 1.91 bits per heavy atom. The molecule has 0 saturated heterocycles. The molecule has 4 atom stereocenters. The Morgan fingerprint density at radius 1 is 1.27 bits per heavy atom. The van der Waals surface area contributed by atoms with Gasteiger partial charge < -0.3 is 11.5 Å². The third-order valence-corrected chi connectivity index (χ3v) is 2.60. The van der Waals surface area contributed by atoms with Crippen molar-refractivity contribution in [1.82, 2.24) is 0 Å². The number of rotatable bonds is 1. The fourth-order valence-electron chi connectivity index (χ4n) is 1.58. The molecule has 0 aromatic rings. The van der Waals surface area contributed by atoms with Crippen LogP contribution in [0.3, 0.4) is 0 Å². The molecular weight excluding hydrogens is 142 g/mol. The average molecular weight is 157 g/mol. The Morgan fingerprint density at radius 3 is 2.45 bits per heavy atom.